The molecule has 1 saturated heterocycles. The normalized spacial score (nSPS) is 18.5. The summed E-state index contributed by atoms with van der Waals surface area (Å²) in [7, 11) is 0. The van der Waals surface area contributed by atoms with Crippen LogP contribution >= 0.6 is 0 Å². The van der Waals surface area contributed by atoms with Gasteiger partial charge in [0.15, 0.2) is 0 Å². The SMILES string of the molecule is CC(=O)N1CCOCC1c1nc(-c2ccc(C)c(F)c2)no1. The largest absolute Gasteiger partial charge is 0.377 e. The molecule has 0 N–H and O–H groups in total. The lowest BCUT2D eigenvalue weighted by Crippen LogP contribution is -2.42. The first-order valence-electron chi connectivity index (χ1n) is 7.01. The van der Waals surface area contributed by atoms with Crippen molar-refractivity contribution in [3.63, 3.8) is 0 Å². The number of halogens is 1. The number of benzene rings is 1. The summed E-state index contributed by atoms with van der Waals surface area (Å²) in [5.41, 5.74) is 1.08. The zero-order valence-corrected chi connectivity index (χ0v) is 12.4. The molecule has 0 saturated carbocycles. The van der Waals surface area contributed by atoms with Gasteiger partial charge in [0.1, 0.15) is 11.9 Å². The number of morpholine rings is 1. The molecule has 1 aliphatic heterocycles. The van der Waals surface area contributed by atoms with E-state index in [0.29, 0.717) is 42.6 Å². The fourth-order valence-corrected chi connectivity index (χ4v) is 2.40. The Labute approximate surface area is 126 Å². The summed E-state index contributed by atoms with van der Waals surface area (Å²) in [6.45, 7) is 4.45. The zero-order chi connectivity index (χ0) is 15.7. The molecule has 6 nitrogen and oxygen atoms in total. The van der Waals surface area contributed by atoms with Crippen LogP contribution in [0.4, 0.5) is 4.39 Å². The smallest absolute Gasteiger partial charge is 0.252 e. The fourth-order valence-electron chi connectivity index (χ4n) is 2.40. The van der Waals surface area contributed by atoms with Crippen molar-refractivity contribution in [3.8, 4) is 11.4 Å². The summed E-state index contributed by atoms with van der Waals surface area (Å²) in [5.74, 6) is 0.193. The van der Waals surface area contributed by atoms with Crippen LogP contribution in [-0.2, 0) is 9.53 Å². The molecule has 1 aliphatic rings. The van der Waals surface area contributed by atoms with Crippen molar-refractivity contribution in [1.29, 1.82) is 0 Å². The number of carbonyl (C=O) groups is 1. The fraction of sp³-hybridized carbons (Fsp3) is 0.400. The number of ether oxygens (including phenoxy) is 1. The van der Waals surface area contributed by atoms with E-state index in [-0.39, 0.29) is 11.7 Å². The first-order chi connectivity index (χ1) is 10.6. The number of hydrogen-bond donors (Lipinski definition) is 0. The van der Waals surface area contributed by atoms with Crippen molar-refractivity contribution in [2.24, 2.45) is 0 Å². The van der Waals surface area contributed by atoms with E-state index in [1.54, 1.807) is 24.0 Å². The van der Waals surface area contributed by atoms with Gasteiger partial charge in [0.2, 0.25) is 11.7 Å². The van der Waals surface area contributed by atoms with Crippen molar-refractivity contribution < 1.29 is 18.4 Å². The average molecular weight is 305 g/mol. The Morgan fingerprint density at radius 1 is 1.45 bits per heavy atom. The topological polar surface area (TPSA) is 68.5 Å². The van der Waals surface area contributed by atoms with Crippen LogP contribution in [0.2, 0.25) is 0 Å². The molecule has 0 radical (unpaired) electrons. The van der Waals surface area contributed by atoms with Crippen LogP contribution in [0.1, 0.15) is 24.4 Å². The van der Waals surface area contributed by atoms with Crippen molar-refractivity contribution >= 4 is 5.91 Å². The van der Waals surface area contributed by atoms with E-state index in [1.807, 2.05) is 0 Å². The molecule has 2 aromatic rings. The van der Waals surface area contributed by atoms with Crippen molar-refractivity contribution in [3.05, 3.63) is 35.5 Å². The van der Waals surface area contributed by atoms with Gasteiger partial charge in [-0.05, 0) is 18.6 Å². The van der Waals surface area contributed by atoms with Gasteiger partial charge in [-0.25, -0.2) is 4.39 Å². The van der Waals surface area contributed by atoms with Gasteiger partial charge in [-0.3, -0.25) is 4.79 Å². The van der Waals surface area contributed by atoms with Crippen LogP contribution in [0.5, 0.6) is 0 Å². The van der Waals surface area contributed by atoms with Crippen LogP contribution in [-0.4, -0.2) is 40.7 Å². The second-order valence-corrected chi connectivity index (χ2v) is 5.22. The first kappa shape index (κ1) is 14.6. The Kier molecular flexibility index (Phi) is 3.89. The second kappa shape index (κ2) is 5.84. The lowest BCUT2D eigenvalue weighted by Gasteiger charge is -2.32. The molecule has 116 valence electrons. The zero-order valence-electron chi connectivity index (χ0n) is 12.4. The molecule has 7 heteroatoms. The highest BCUT2D eigenvalue weighted by Gasteiger charge is 2.31. The first-order valence-corrected chi connectivity index (χ1v) is 7.01. The molecule has 1 fully saturated rings. The van der Waals surface area contributed by atoms with Gasteiger partial charge in [-0.2, -0.15) is 4.98 Å². The molecular weight excluding hydrogens is 289 g/mol. The van der Waals surface area contributed by atoms with Gasteiger partial charge in [0.25, 0.3) is 5.89 Å². The van der Waals surface area contributed by atoms with E-state index < -0.39 is 6.04 Å². The summed E-state index contributed by atoms with van der Waals surface area (Å²) in [4.78, 5) is 17.6. The number of nitrogens with zero attached hydrogens (tertiary/aromatic N) is 3. The highest BCUT2D eigenvalue weighted by Crippen LogP contribution is 2.26. The summed E-state index contributed by atoms with van der Waals surface area (Å²) < 4.78 is 24.3. The molecule has 1 aromatic carbocycles. The van der Waals surface area contributed by atoms with E-state index in [4.69, 9.17) is 9.26 Å². The molecule has 0 bridgehead atoms. The predicted octanol–water partition coefficient (Wildman–Crippen LogP) is 2.10. The molecule has 0 aliphatic carbocycles. The Morgan fingerprint density at radius 2 is 2.27 bits per heavy atom. The third-order valence-electron chi connectivity index (χ3n) is 3.69. The maximum atomic E-state index is 13.6. The van der Waals surface area contributed by atoms with Gasteiger partial charge >= 0.3 is 0 Å². The quantitative estimate of drug-likeness (QED) is 0.850. The van der Waals surface area contributed by atoms with E-state index >= 15 is 0 Å². The lowest BCUT2D eigenvalue weighted by molar-refractivity contribution is -0.138. The number of aryl methyl sites for hydroxylation is 1. The number of amides is 1. The molecule has 0 spiro atoms. The lowest BCUT2D eigenvalue weighted by atomic mass is 10.1. The van der Waals surface area contributed by atoms with Crippen LogP contribution in [0.25, 0.3) is 11.4 Å². The number of hydrogen-bond acceptors (Lipinski definition) is 5. The summed E-state index contributed by atoms with van der Waals surface area (Å²) in [5, 5.41) is 3.88. The maximum Gasteiger partial charge on any atom is 0.252 e. The number of aromatic nitrogens is 2. The minimum Gasteiger partial charge on any atom is -0.377 e. The monoisotopic (exact) mass is 305 g/mol. The Balaban J connectivity index is 1.89. The van der Waals surface area contributed by atoms with Crippen LogP contribution in [0.3, 0.4) is 0 Å². The molecule has 1 atom stereocenters. The maximum absolute atomic E-state index is 13.6. The average Bonchev–Trinajstić information content (AvgIpc) is 3.00. The highest BCUT2D eigenvalue weighted by molar-refractivity contribution is 5.73. The predicted molar refractivity (Wildman–Crippen MR) is 75.4 cm³/mol. The van der Waals surface area contributed by atoms with Crippen LogP contribution in [0.15, 0.2) is 22.7 Å². The minimum atomic E-state index is -0.400. The Hall–Kier alpha value is -2.28. The van der Waals surface area contributed by atoms with Crippen molar-refractivity contribution in [2.75, 3.05) is 19.8 Å². The highest BCUT2D eigenvalue weighted by atomic mass is 19.1. The van der Waals surface area contributed by atoms with Gasteiger partial charge in [0.05, 0.1) is 13.2 Å². The van der Waals surface area contributed by atoms with Gasteiger partial charge in [0, 0.05) is 19.0 Å². The van der Waals surface area contributed by atoms with Crippen molar-refractivity contribution in [2.45, 2.75) is 19.9 Å². The summed E-state index contributed by atoms with van der Waals surface area (Å²) in [6, 6.07) is 4.35. The molecule has 1 amide bonds. The molecule has 3 rings (SSSR count). The molecular formula is C15H16FN3O3. The third kappa shape index (κ3) is 2.71. The van der Waals surface area contributed by atoms with E-state index in [0.717, 1.165) is 0 Å². The van der Waals surface area contributed by atoms with E-state index in [2.05, 4.69) is 10.1 Å². The van der Waals surface area contributed by atoms with Gasteiger partial charge < -0.3 is 14.2 Å². The minimum absolute atomic E-state index is 0.0746. The summed E-state index contributed by atoms with van der Waals surface area (Å²) in [6.07, 6.45) is 0. The van der Waals surface area contributed by atoms with E-state index in [9.17, 15) is 9.18 Å². The molecule has 1 aromatic heterocycles. The van der Waals surface area contributed by atoms with Crippen LogP contribution < -0.4 is 0 Å². The second-order valence-electron chi connectivity index (χ2n) is 5.22. The van der Waals surface area contributed by atoms with Gasteiger partial charge in [-0.1, -0.05) is 17.3 Å². The van der Waals surface area contributed by atoms with Crippen molar-refractivity contribution in [1.82, 2.24) is 15.0 Å². The van der Waals surface area contributed by atoms with E-state index in [1.165, 1.54) is 13.0 Å². The molecule has 2 heterocycles. The van der Waals surface area contributed by atoms with Crippen LogP contribution in [0, 0.1) is 12.7 Å². The Bertz CT molecular complexity index is 701. The Morgan fingerprint density at radius 3 is 3.00 bits per heavy atom. The number of carbonyl (C=O) groups excluding carboxylic acids is 1. The third-order valence-corrected chi connectivity index (χ3v) is 3.69. The molecule has 1 unspecified atom stereocenters. The summed E-state index contributed by atoms with van der Waals surface area (Å²) >= 11 is 0. The standard InChI is InChI=1S/C15H16FN3O3/c1-9-3-4-11(7-12(9)16)14-17-15(22-18-14)13-8-21-6-5-19(13)10(2)20/h3-4,7,13H,5-6,8H2,1-2H3. The number of rotatable bonds is 2. The molecule has 22 heavy (non-hydrogen) atoms. The van der Waals surface area contributed by atoms with Gasteiger partial charge in [-0.15, -0.1) is 0 Å².